The molecule has 4 aliphatic rings. The van der Waals surface area contributed by atoms with Crippen molar-refractivity contribution in [2.75, 3.05) is 0 Å². The van der Waals surface area contributed by atoms with Crippen molar-refractivity contribution in [3.63, 3.8) is 0 Å². The molecule has 0 aliphatic heterocycles. The van der Waals surface area contributed by atoms with Gasteiger partial charge in [0, 0.05) is 6.42 Å². The van der Waals surface area contributed by atoms with E-state index in [-0.39, 0.29) is 34.9 Å². The first-order valence-corrected chi connectivity index (χ1v) is 14.4. The molecule has 11 atom stereocenters. The molecular formula is C31H46O5. The average Bonchev–Trinajstić information content (AvgIpc) is 3.22. The zero-order valence-electron chi connectivity index (χ0n) is 22.3. The first-order valence-electron chi connectivity index (χ1n) is 14.4. The summed E-state index contributed by atoms with van der Waals surface area (Å²) in [5.41, 5.74) is 0.865. The average molecular weight is 499 g/mol. The van der Waals surface area contributed by atoms with Crippen LogP contribution >= 0.6 is 0 Å². The lowest BCUT2D eigenvalue weighted by Crippen LogP contribution is -2.62. The molecule has 200 valence electrons. The second-order valence-electron chi connectivity index (χ2n) is 13.2. The van der Waals surface area contributed by atoms with Crippen LogP contribution in [-0.4, -0.2) is 39.6 Å². The number of carbonyl (C=O) groups excluding carboxylic acids is 1. The molecule has 0 spiro atoms. The van der Waals surface area contributed by atoms with Crippen molar-refractivity contribution in [2.45, 2.75) is 103 Å². The SMILES string of the molecule is C[C@H](CCC(=O)OCc1ccccc1)[C@H]1CC[C@H]2[C@@H]3[C@H](O)C[C@@H]4C[C@H](O)CC[C@]4(C)[C@H]3C[C@H](O)[C@]12C. The highest BCUT2D eigenvalue weighted by Gasteiger charge is 2.65. The van der Waals surface area contributed by atoms with Crippen molar-refractivity contribution in [1.82, 2.24) is 0 Å². The Morgan fingerprint density at radius 3 is 2.53 bits per heavy atom. The Balaban J connectivity index is 1.25. The van der Waals surface area contributed by atoms with Crippen molar-refractivity contribution in [3.05, 3.63) is 35.9 Å². The Morgan fingerprint density at radius 1 is 1.03 bits per heavy atom. The number of benzene rings is 1. The molecule has 4 saturated carbocycles. The van der Waals surface area contributed by atoms with Crippen LogP contribution in [0.25, 0.3) is 0 Å². The smallest absolute Gasteiger partial charge is 0.306 e. The highest BCUT2D eigenvalue weighted by Crippen LogP contribution is 2.68. The number of aliphatic hydroxyl groups excluding tert-OH is 3. The van der Waals surface area contributed by atoms with E-state index in [1.807, 2.05) is 30.3 Å². The molecule has 4 fully saturated rings. The number of rotatable bonds is 6. The predicted molar refractivity (Wildman–Crippen MR) is 139 cm³/mol. The number of carbonyl (C=O) groups is 1. The van der Waals surface area contributed by atoms with Crippen LogP contribution in [0.15, 0.2) is 30.3 Å². The third-order valence-corrected chi connectivity index (χ3v) is 11.6. The van der Waals surface area contributed by atoms with E-state index in [0.29, 0.717) is 42.6 Å². The van der Waals surface area contributed by atoms with Crippen LogP contribution in [0.4, 0.5) is 0 Å². The largest absolute Gasteiger partial charge is 0.461 e. The number of ether oxygens (including phenoxy) is 1. The van der Waals surface area contributed by atoms with Gasteiger partial charge in [0.1, 0.15) is 6.61 Å². The van der Waals surface area contributed by atoms with Gasteiger partial charge in [0.05, 0.1) is 18.3 Å². The van der Waals surface area contributed by atoms with E-state index in [2.05, 4.69) is 20.8 Å². The predicted octanol–water partition coefficient (Wildman–Crippen LogP) is 5.11. The first kappa shape index (κ1) is 26.2. The van der Waals surface area contributed by atoms with Crippen LogP contribution in [0, 0.1) is 46.3 Å². The van der Waals surface area contributed by atoms with Crippen LogP contribution in [0.2, 0.25) is 0 Å². The van der Waals surface area contributed by atoms with Crippen molar-refractivity contribution < 1.29 is 24.9 Å². The van der Waals surface area contributed by atoms with Crippen molar-refractivity contribution in [3.8, 4) is 0 Å². The fourth-order valence-corrected chi connectivity index (χ4v) is 9.49. The van der Waals surface area contributed by atoms with Gasteiger partial charge in [-0.05, 0) is 103 Å². The van der Waals surface area contributed by atoms with Crippen molar-refractivity contribution in [1.29, 1.82) is 0 Å². The van der Waals surface area contributed by atoms with E-state index >= 15 is 0 Å². The summed E-state index contributed by atoms with van der Waals surface area (Å²) >= 11 is 0. The van der Waals surface area contributed by atoms with Gasteiger partial charge < -0.3 is 20.1 Å². The van der Waals surface area contributed by atoms with E-state index in [4.69, 9.17) is 4.74 Å². The number of aliphatic hydroxyl groups is 3. The number of hydrogen-bond donors (Lipinski definition) is 3. The van der Waals surface area contributed by atoms with Gasteiger partial charge in [-0.3, -0.25) is 4.79 Å². The van der Waals surface area contributed by atoms with Crippen molar-refractivity contribution >= 4 is 5.97 Å². The quantitative estimate of drug-likeness (QED) is 0.475. The van der Waals surface area contributed by atoms with Gasteiger partial charge in [0.15, 0.2) is 0 Å². The second kappa shape index (κ2) is 10.0. The standard InChI is InChI=1S/C31H46O5/c1-19(9-12-28(35)36-18-20-7-5-4-6-8-20)23-10-11-24-29-25(17-27(34)31(23,24)3)30(2)14-13-22(32)15-21(30)16-26(29)33/h4-8,19,21-27,29,32-34H,9-18H2,1-3H3/t19-,21+,22-,23-,24+,25+,26-,27+,29+,30+,31-/m1/s1. The Bertz CT molecular complexity index is 919. The number of hydrogen-bond acceptors (Lipinski definition) is 5. The molecule has 0 radical (unpaired) electrons. The third-order valence-electron chi connectivity index (χ3n) is 11.6. The molecule has 1 aromatic rings. The maximum Gasteiger partial charge on any atom is 0.306 e. The molecule has 0 aromatic heterocycles. The summed E-state index contributed by atoms with van der Waals surface area (Å²) in [5, 5.41) is 33.4. The lowest BCUT2D eigenvalue weighted by atomic mass is 9.43. The van der Waals surface area contributed by atoms with Gasteiger partial charge in [-0.2, -0.15) is 0 Å². The summed E-state index contributed by atoms with van der Waals surface area (Å²) in [6.45, 7) is 7.19. The van der Waals surface area contributed by atoms with Crippen LogP contribution in [-0.2, 0) is 16.1 Å². The van der Waals surface area contributed by atoms with Crippen LogP contribution in [0.5, 0.6) is 0 Å². The summed E-state index contributed by atoms with van der Waals surface area (Å²) in [7, 11) is 0. The van der Waals surface area contributed by atoms with Gasteiger partial charge >= 0.3 is 5.97 Å². The molecule has 3 N–H and O–H groups in total. The maximum absolute atomic E-state index is 12.5. The lowest BCUT2D eigenvalue weighted by Gasteiger charge is -2.63. The van der Waals surface area contributed by atoms with E-state index < -0.39 is 6.10 Å². The van der Waals surface area contributed by atoms with Crippen LogP contribution in [0.3, 0.4) is 0 Å². The highest BCUT2D eigenvalue weighted by molar-refractivity contribution is 5.69. The molecule has 0 bridgehead atoms. The molecule has 5 rings (SSSR count). The lowest BCUT2D eigenvalue weighted by molar-refractivity contribution is -0.207. The van der Waals surface area contributed by atoms with E-state index in [1.54, 1.807) is 0 Å². The van der Waals surface area contributed by atoms with E-state index in [0.717, 1.165) is 56.9 Å². The molecule has 36 heavy (non-hydrogen) atoms. The van der Waals surface area contributed by atoms with E-state index in [9.17, 15) is 20.1 Å². The Morgan fingerprint density at radius 2 is 1.78 bits per heavy atom. The monoisotopic (exact) mass is 498 g/mol. The van der Waals surface area contributed by atoms with Gasteiger partial charge in [0.25, 0.3) is 0 Å². The zero-order valence-corrected chi connectivity index (χ0v) is 22.3. The minimum absolute atomic E-state index is 0.0949. The topological polar surface area (TPSA) is 87.0 Å². The van der Waals surface area contributed by atoms with Gasteiger partial charge in [0.2, 0.25) is 0 Å². The minimum atomic E-state index is -0.390. The molecule has 1 aromatic carbocycles. The molecule has 0 heterocycles. The molecule has 4 aliphatic carbocycles. The summed E-state index contributed by atoms with van der Waals surface area (Å²) in [6.07, 6.45) is 6.42. The Kier molecular flexibility index (Phi) is 7.30. The fraction of sp³-hybridized carbons (Fsp3) is 0.774. The second-order valence-corrected chi connectivity index (χ2v) is 13.2. The maximum atomic E-state index is 12.5. The number of esters is 1. The van der Waals surface area contributed by atoms with Gasteiger partial charge in [-0.25, -0.2) is 0 Å². The molecular weight excluding hydrogens is 452 g/mol. The van der Waals surface area contributed by atoms with Crippen molar-refractivity contribution in [2.24, 2.45) is 46.3 Å². The zero-order chi connectivity index (χ0) is 25.7. The molecule has 0 unspecified atom stereocenters. The Labute approximate surface area is 216 Å². The molecule has 5 heteroatoms. The summed E-state index contributed by atoms with van der Waals surface area (Å²) in [6, 6.07) is 9.78. The summed E-state index contributed by atoms with van der Waals surface area (Å²) in [5.74, 6) is 1.68. The summed E-state index contributed by atoms with van der Waals surface area (Å²) < 4.78 is 5.51. The Hall–Kier alpha value is -1.43. The fourth-order valence-electron chi connectivity index (χ4n) is 9.49. The van der Waals surface area contributed by atoms with Crippen LogP contribution < -0.4 is 0 Å². The van der Waals surface area contributed by atoms with Crippen LogP contribution in [0.1, 0.15) is 84.1 Å². The first-order chi connectivity index (χ1) is 17.1. The molecule has 0 amide bonds. The van der Waals surface area contributed by atoms with E-state index in [1.165, 1.54) is 0 Å². The number of fused-ring (bicyclic) bond motifs is 5. The van der Waals surface area contributed by atoms with Gasteiger partial charge in [-0.15, -0.1) is 0 Å². The highest BCUT2D eigenvalue weighted by atomic mass is 16.5. The minimum Gasteiger partial charge on any atom is -0.461 e. The molecule has 0 saturated heterocycles. The third kappa shape index (κ3) is 4.43. The van der Waals surface area contributed by atoms with Gasteiger partial charge in [-0.1, -0.05) is 51.1 Å². The molecule has 5 nitrogen and oxygen atoms in total. The normalized spacial score (nSPS) is 44.7. The summed E-state index contributed by atoms with van der Waals surface area (Å²) in [4.78, 5) is 12.5.